The number of carbonyl (C=O) groups is 2. The Morgan fingerprint density at radius 1 is 1.30 bits per heavy atom. The third-order valence-electron chi connectivity index (χ3n) is 4.45. The lowest BCUT2D eigenvalue weighted by atomic mass is 10.0. The van der Waals surface area contributed by atoms with Gasteiger partial charge in [0.1, 0.15) is 5.92 Å². The van der Waals surface area contributed by atoms with E-state index >= 15 is 0 Å². The molecule has 1 aliphatic heterocycles. The van der Waals surface area contributed by atoms with Crippen LogP contribution in [0, 0.1) is 6.92 Å². The number of fused-ring (bicyclic) bond motifs is 1. The molecule has 4 rings (SSSR count). The third-order valence-corrected chi connectivity index (χ3v) is 4.45. The van der Waals surface area contributed by atoms with Crippen molar-refractivity contribution in [3.8, 4) is 0 Å². The van der Waals surface area contributed by atoms with E-state index in [9.17, 15) is 14.7 Å². The Bertz CT molecular complexity index is 807. The minimum absolute atomic E-state index is 0.117. The number of amides is 1. The van der Waals surface area contributed by atoms with Crippen molar-refractivity contribution < 1.29 is 19.1 Å². The van der Waals surface area contributed by atoms with Crippen molar-refractivity contribution in [3.63, 3.8) is 0 Å². The highest BCUT2D eigenvalue weighted by atomic mass is 16.4. The number of aromatic nitrogens is 1. The maximum absolute atomic E-state index is 12.9. The SMILES string of the molecule is Cc1nc(C2CC2)oc1C(=O)N1C[C@H](C(=O)O)c2ccccc21. The molecule has 1 saturated carbocycles. The van der Waals surface area contributed by atoms with E-state index in [1.54, 1.807) is 31.2 Å². The standard InChI is InChI=1S/C17H16N2O4/c1-9-14(23-15(18-9)10-6-7-10)16(20)19-8-12(17(21)22)11-4-2-3-5-13(11)19/h2-5,10,12H,6-8H2,1H3,(H,21,22)/t12-/m0/s1. The van der Waals surface area contributed by atoms with Crippen LogP contribution in [0.1, 0.15) is 52.4 Å². The van der Waals surface area contributed by atoms with Gasteiger partial charge in [0, 0.05) is 18.2 Å². The average Bonchev–Trinajstić information content (AvgIpc) is 3.20. The Labute approximate surface area is 132 Å². The van der Waals surface area contributed by atoms with E-state index in [0.717, 1.165) is 12.8 Å². The zero-order valence-corrected chi connectivity index (χ0v) is 12.7. The van der Waals surface area contributed by atoms with Crippen LogP contribution < -0.4 is 4.90 Å². The molecule has 1 atom stereocenters. The topological polar surface area (TPSA) is 83.6 Å². The summed E-state index contributed by atoms with van der Waals surface area (Å²) in [5.74, 6) is -0.797. The first-order valence-electron chi connectivity index (χ1n) is 7.67. The molecule has 0 spiro atoms. The van der Waals surface area contributed by atoms with E-state index in [1.807, 2.05) is 0 Å². The molecule has 1 amide bonds. The number of benzene rings is 1. The van der Waals surface area contributed by atoms with E-state index < -0.39 is 11.9 Å². The predicted molar refractivity (Wildman–Crippen MR) is 81.7 cm³/mol. The lowest BCUT2D eigenvalue weighted by molar-refractivity contribution is -0.138. The molecule has 0 saturated heterocycles. The molecule has 0 bridgehead atoms. The van der Waals surface area contributed by atoms with Crippen molar-refractivity contribution in [3.05, 3.63) is 47.2 Å². The van der Waals surface area contributed by atoms with Crippen molar-refractivity contribution in [2.24, 2.45) is 0 Å². The zero-order valence-electron chi connectivity index (χ0n) is 12.7. The van der Waals surface area contributed by atoms with Crippen molar-refractivity contribution >= 4 is 17.6 Å². The molecule has 2 aliphatic rings. The van der Waals surface area contributed by atoms with Gasteiger partial charge in [-0.1, -0.05) is 18.2 Å². The fourth-order valence-electron chi connectivity index (χ4n) is 3.05. The molecule has 6 nitrogen and oxygen atoms in total. The Hall–Kier alpha value is -2.63. The molecule has 1 aromatic carbocycles. The number of carboxylic acid groups (broad SMARTS) is 1. The molecule has 2 aromatic rings. The maximum Gasteiger partial charge on any atom is 0.312 e. The molecular weight excluding hydrogens is 296 g/mol. The summed E-state index contributed by atoms with van der Waals surface area (Å²) in [6.07, 6.45) is 2.09. The van der Waals surface area contributed by atoms with Crippen molar-refractivity contribution in [1.82, 2.24) is 4.98 Å². The predicted octanol–water partition coefficient (Wildman–Crippen LogP) is 2.69. The molecule has 1 aliphatic carbocycles. The Kier molecular flexibility index (Phi) is 3.01. The highest BCUT2D eigenvalue weighted by Crippen LogP contribution is 2.41. The first kappa shape index (κ1) is 14.0. The number of oxazole rings is 1. The monoisotopic (exact) mass is 312 g/mol. The number of para-hydroxylation sites is 1. The molecule has 0 radical (unpaired) electrons. The number of hydrogen-bond acceptors (Lipinski definition) is 4. The molecule has 23 heavy (non-hydrogen) atoms. The fourth-order valence-corrected chi connectivity index (χ4v) is 3.05. The Morgan fingerprint density at radius 3 is 2.74 bits per heavy atom. The van der Waals surface area contributed by atoms with E-state index in [2.05, 4.69) is 4.98 Å². The Morgan fingerprint density at radius 2 is 2.04 bits per heavy atom. The average molecular weight is 312 g/mol. The van der Waals surface area contributed by atoms with E-state index in [-0.39, 0.29) is 18.2 Å². The van der Waals surface area contributed by atoms with Crippen LogP contribution in [-0.2, 0) is 4.79 Å². The van der Waals surface area contributed by atoms with Gasteiger partial charge >= 0.3 is 5.97 Å². The second-order valence-electron chi connectivity index (χ2n) is 6.11. The van der Waals surface area contributed by atoms with Gasteiger partial charge in [-0.15, -0.1) is 0 Å². The van der Waals surface area contributed by atoms with Crippen LogP contribution in [0.15, 0.2) is 28.7 Å². The minimum Gasteiger partial charge on any atom is -0.481 e. The van der Waals surface area contributed by atoms with Crippen LogP contribution in [0.2, 0.25) is 0 Å². The van der Waals surface area contributed by atoms with Gasteiger partial charge < -0.3 is 14.4 Å². The van der Waals surface area contributed by atoms with Gasteiger partial charge in [-0.2, -0.15) is 0 Å². The van der Waals surface area contributed by atoms with Crippen LogP contribution in [0.3, 0.4) is 0 Å². The second-order valence-corrected chi connectivity index (χ2v) is 6.11. The summed E-state index contributed by atoms with van der Waals surface area (Å²) in [4.78, 5) is 30.1. The largest absolute Gasteiger partial charge is 0.481 e. The van der Waals surface area contributed by atoms with Crippen LogP contribution in [-0.4, -0.2) is 28.5 Å². The Balaban J connectivity index is 1.70. The number of rotatable bonds is 3. The molecule has 118 valence electrons. The normalized spacial score (nSPS) is 19.7. The molecule has 6 heteroatoms. The van der Waals surface area contributed by atoms with Crippen LogP contribution >= 0.6 is 0 Å². The van der Waals surface area contributed by atoms with Crippen LogP contribution in [0.5, 0.6) is 0 Å². The van der Waals surface area contributed by atoms with Gasteiger partial charge in [0.2, 0.25) is 5.76 Å². The maximum atomic E-state index is 12.9. The van der Waals surface area contributed by atoms with E-state index in [0.29, 0.717) is 28.8 Å². The smallest absolute Gasteiger partial charge is 0.312 e. The second kappa shape index (κ2) is 4.94. The van der Waals surface area contributed by atoms with Gasteiger partial charge in [-0.05, 0) is 31.4 Å². The first-order valence-corrected chi connectivity index (χ1v) is 7.67. The highest BCUT2D eigenvalue weighted by Gasteiger charge is 2.39. The molecule has 1 aromatic heterocycles. The number of aliphatic carboxylic acids is 1. The summed E-state index contributed by atoms with van der Waals surface area (Å²) in [5, 5.41) is 9.40. The highest BCUT2D eigenvalue weighted by molar-refractivity contribution is 6.07. The number of carbonyl (C=O) groups excluding carboxylic acids is 1. The minimum atomic E-state index is -0.930. The quantitative estimate of drug-likeness (QED) is 0.942. The number of aryl methyl sites for hydroxylation is 1. The van der Waals surface area contributed by atoms with Gasteiger partial charge in [-0.25, -0.2) is 4.98 Å². The number of anilines is 1. The van der Waals surface area contributed by atoms with Gasteiger partial charge in [0.15, 0.2) is 5.89 Å². The van der Waals surface area contributed by atoms with Gasteiger partial charge in [-0.3, -0.25) is 9.59 Å². The summed E-state index contributed by atoms with van der Waals surface area (Å²) in [6, 6.07) is 7.10. The molecule has 2 heterocycles. The molecule has 1 fully saturated rings. The third kappa shape index (κ3) is 2.21. The summed E-state index contributed by atoms with van der Waals surface area (Å²) in [6.45, 7) is 1.87. The van der Waals surface area contributed by atoms with Crippen LogP contribution in [0.25, 0.3) is 0 Å². The zero-order chi connectivity index (χ0) is 16.1. The number of nitrogens with zero attached hydrogens (tertiary/aromatic N) is 2. The van der Waals surface area contributed by atoms with E-state index in [4.69, 9.17) is 4.42 Å². The summed E-state index contributed by atoms with van der Waals surface area (Å²) in [7, 11) is 0. The van der Waals surface area contributed by atoms with Crippen molar-refractivity contribution in [2.75, 3.05) is 11.4 Å². The van der Waals surface area contributed by atoms with Gasteiger partial charge in [0.25, 0.3) is 5.91 Å². The lowest BCUT2D eigenvalue weighted by Crippen LogP contribution is -2.31. The molecule has 0 unspecified atom stereocenters. The first-order chi connectivity index (χ1) is 11.1. The lowest BCUT2D eigenvalue weighted by Gasteiger charge is -2.16. The summed E-state index contributed by atoms with van der Waals surface area (Å²) in [5.41, 5.74) is 1.86. The fraction of sp³-hybridized carbons (Fsp3) is 0.353. The summed E-state index contributed by atoms with van der Waals surface area (Å²) < 4.78 is 5.67. The van der Waals surface area contributed by atoms with Gasteiger partial charge in [0.05, 0.1) is 5.69 Å². The molecular formula is C17H16N2O4. The number of hydrogen-bond donors (Lipinski definition) is 1. The van der Waals surface area contributed by atoms with Crippen molar-refractivity contribution in [2.45, 2.75) is 31.6 Å². The van der Waals surface area contributed by atoms with Crippen LogP contribution in [0.4, 0.5) is 5.69 Å². The van der Waals surface area contributed by atoms with Crippen molar-refractivity contribution in [1.29, 1.82) is 0 Å². The van der Waals surface area contributed by atoms with E-state index in [1.165, 1.54) is 4.90 Å². The number of carboxylic acids is 1. The summed E-state index contributed by atoms with van der Waals surface area (Å²) >= 11 is 0. The molecule has 1 N–H and O–H groups in total.